The molecule has 1 heterocycles. The molecule has 144 valence electrons. The molecule has 1 atom stereocenters. The number of amides is 1. The second-order valence-electron chi connectivity index (χ2n) is 5.92. The Morgan fingerprint density at radius 3 is 2.43 bits per heavy atom. The summed E-state index contributed by atoms with van der Waals surface area (Å²) in [4.78, 5) is 24.6. The summed E-state index contributed by atoms with van der Waals surface area (Å²) in [6.07, 6.45) is 0.963. The molecule has 8 heteroatoms. The molecule has 0 aliphatic heterocycles. The Kier molecular flexibility index (Phi) is 6.33. The molecule has 0 aliphatic carbocycles. The number of nitrogens with zero attached hydrogens (tertiary/aromatic N) is 2. The van der Waals surface area contributed by atoms with Crippen LogP contribution in [0.25, 0.3) is 0 Å². The second kappa shape index (κ2) is 9.09. The van der Waals surface area contributed by atoms with Gasteiger partial charge in [-0.15, -0.1) is 10.2 Å². The van der Waals surface area contributed by atoms with Crippen LogP contribution in [0.15, 0.2) is 54.6 Å². The zero-order valence-corrected chi connectivity index (χ0v) is 16.3. The number of anilines is 2. The smallest absolute Gasteiger partial charge is 0.335 e. The van der Waals surface area contributed by atoms with Crippen molar-refractivity contribution in [3.63, 3.8) is 0 Å². The molecule has 3 rings (SSSR count). The Balaban J connectivity index is 1.75. The van der Waals surface area contributed by atoms with Crippen LogP contribution in [0, 0.1) is 0 Å². The van der Waals surface area contributed by atoms with Gasteiger partial charge in [-0.1, -0.05) is 48.6 Å². The molecule has 1 aromatic heterocycles. The maximum atomic E-state index is 12.4. The summed E-state index contributed by atoms with van der Waals surface area (Å²) in [5.41, 5.74) is 2.54. The molecule has 0 fully saturated rings. The number of hydrogen-bond donors (Lipinski definition) is 2. The Hall–Kier alpha value is -3.26. The van der Waals surface area contributed by atoms with Gasteiger partial charge in [0.1, 0.15) is 0 Å². The zero-order valence-electron chi connectivity index (χ0n) is 15.5. The van der Waals surface area contributed by atoms with E-state index in [1.165, 1.54) is 24.0 Å². The summed E-state index contributed by atoms with van der Waals surface area (Å²) in [7, 11) is 1.26. The molecule has 3 aromatic rings. The van der Waals surface area contributed by atoms with Crippen molar-refractivity contribution in [3.05, 3.63) is 70.7 Å². The molecular formula is C20H20N4O3S. The minimum absolute atomic E-state index is 0.337. The van der Waals surface area contributed by atoms with Crippen LogP contribution in [0.2, 0.25) is 0 Å². The molecule has 28 heavy (non-hydrogen) atoms. The number of benzene rings is 2. The normalized spacial score (nSPS) is 11.5. The van der Waals surface area contributed by atoms with Crippen molar-refractivity contribution in [2.45, 2.75) is 19.4 Å². The van der Waals surface area contributed by atoms with E-state index in [2.05, 4.69) is 27.8 Å². The maximum absolute atomic E-state index is 12.4. The summed E-state index contributed by atoms with van der Waals surface area (Å²) >= 11 is 1.18. The lowest BCUT2D eigenvalue weighted by Crippen LogP contribution is -2.34. The third-order valence-electron chi connectivity index (χ3n) is 4.05. The van der Waals surface area contributed by atoms with Crippen molar-refractivity contribution in [3.8, 4) is 0 Å². The van der Waals surface area contributed by atoms with Crippen LogP contribution in [0.1, 0.15) is 33.9 Å². The van der Waals surface area contributed by atoms with Crippen LogP contribution >= 0.6 is 11.3 Å². The van der Waals surface area contributed by atoms with Gasteiger partial charge in [-0.3, -0.25) is 4.79 Å². The van der Waals surface area contributed by atoms with E-state index in [1.54, 1.807) is 24.3 Å². The fourth-order valence-corrected chi connectivity index (χ4v) is 3.30. The highest BCUT2D eigenvalue weighted by Gasteiger charge is 2.28. The number of carbonyl (C=O) groups excluding carboxylic acids is 2. The van der Waals surface area contributed by atoms with Gasteiger partial charge < -0.3 is 15.4 Å². The van der Waals surface area contributed by atoms with Crippen LogP contribution in [0.5, 0.6) is 0 Å². The molecule has 0 bridgehead atoms. The molecule has 2 N–H and O–H groups in total. The number of carbonyl (C=O) groups is 2. The van der Waals surface area contributed by atoms with Crippen molar-refractivity contribution in [2.75, 3.05) is 12.4 Å². The van der Waals surface area contributed by atoms with E-state index < -0.39 is 17.9 Å². The minimum Gasteiger partial charge on any atom is -0.467 e. The zero-order chi connectivity index (χ0) is 19.9. The summed E-state index contributed by atoms with van der Waals surface area (Å²) in [5, 5.41) is 14.8. The standard InChI is InChI=1S/C20H20N4O3S/c1-3-13-9-11-15(12-10-13)21-20-24-23-18(28-20)16(19(26)27-2)22-17(25)14-7-5-4-6-8-14/h4-12,16H,3H2,1-2H3,(H,21,24)(H,22,25). The Morgan fingerprint density at radius 2 is 1.79 bits per heavy atom. The van der Waals surface area contributed by atoms with Gasteiger partial charge >= 0.3 is 5.97 Å². The van der Waals surface area contributed by atoms with Crippen LogP contribution in [0.3, 0.4) is 0 Å². The van der Waals surface area contributed by atoms with Crippen LogP contribution in [-0.4, -0.2) is 29.2 Å². The number of nitrogens with one attached hydrogen (secondary N) is 2. The molecule has 0 radical (unpaired) electrons. The monoisotopic (exact) mass is 396 g/mol. The van der Waals surface area contributed by atoms with Gasteiger partial charge in [0.05, 0.1) is 7.11 Å². The van der Waals surface area contributed by atoms with E-state index in [9.17, 15) is 9.59 Å². The highest BCUT2D eigenvalue weighted by molar-refractivity contribution is 7.15. The third-order valence-corrected chi connectivity index (χ3v) is 4.95. The van der Waals surface area contributed by atoms with E-state index in [1.807, 2.05) is 30.3 Å². The highest BCUT2D eigenvalue weighted by atomic mass is 32.1. The number of ether oxygens (including phenoxy) is 1. The van der Waals surface area contributed by atoms with Gasteiger partial charge in [0.15, 0.2) is 11.0 Å². The third kappa shape index (κ3) is 4.72. The summed E-state index contributed by atoms with van der Waals surface area (Å²) < 4.78 is 4.82. The number of hydrogen-bond acceptors (Lipinski definition) is 7. The van der Waals surface area contributed by atoms with Gasteiger partial charge in [-0.05, 0) is 36.2 Å². The molecule has 2 aromatic carbocycles. The van der Waals surface area contributed by atoms with Gasteiger partial charge in [0.25, 0.3) is 5.91 Å². The average Bonchev–Trinajstić information content (AvgIpc) is 3.20. The molecule has 0 spiro atoms. The topological polar surface area (TPSA) is 93.2 Å². The Labute approximate surface area is 166 Å². The first-order valence-electron chi connectivity index (χ1n) is 8.73. The first-order chi connectivity index (χ1) is 13.6. The predicted molar refractivity (Wildman–Crippen MR) is 108 cm³/mol. The van der Waals surface area contributed by atoms with Crippen molar-refractivity contribution >= 4 is 34.0 Å². The molecule has 1 unspecified atom stereocenters. The Morgan fingerprint density at radius 1 is 1.07 bits per heavy atom. The average molecular weight is 396 g/mol. The molecule has 7 nitrogen and oxygen atoms in total. The minimum atomic E-state index is -1.03. The van der Waals surface area contributed by atoms with Crippen molar-refractivity contribution in [1.29, 1.82) is 0 Å². The van der Waals surface area contributed by atoms with Gasteiger partial charge in [-0.2, -0.15) is 0 Å². The lowest BCUT2D eigenvalue weighted by Gasteiger charge is -2.13. The molecule has 0 aliphatic rings. The molecular weight excluding hydrogens is 376 g/mol. The SMILES string of the molecule is CCc1ccc(Nc2nnc(C(NC(=O)c3ccccc3)C(=O)OC)s2)cc1. The van der Waals surface area contributed by atoms with Crippen molar-refractivity contribution in [1.82, 2.24) is 15.5 Å². The second-order valence-corrected chi connectivity index (χ2v) is 6.93. The van der Waals surface area contributed by atoms with Crippen LogP contribution < -0.4 is 10.6 Å². The predicted octanol–water partition coefficient (Wildman–Crippen LogP) is 3.49. The number of aryl methyl sites for hydroxylation is 1. The fraction of sp³-hybridized carbons (Fsp3) is 0.200. The summed E-state index contributed by atoms with van der Waals surface area (Å²) in [6, 6.07) is 15.6. The van der Waals surface area contributed by atoms with E-state index >= 15 is 0 Å². The largest absolute Gasteiger partial charge is 0.467 e. The first kappa shape index (κ1) is 19.5. The molecule has 0 saturated heterocycles. The number of esters is 1. The number of methoxy groups -OCH3 is 1. The summed E-state index contributed by atoms with van der Waals surface area (Å²) in [6.45, 7) is 2.09. The van der Waals surface area contributed by atoms with Gasteiger partial charge in [-0.25, -0.2) is 4.79 Å². The first-order valence-corrected chi connectivity index (χ1v) is 9.55. The lowest BCUT2D eigenvalue weighted by atomic mass is 10.1. The van der Waals surface area contributed by atoms with Gasteiger partial charge in [0.2, 0.25) is 5.13 Å². The van der Waals surface area contributed by atoms with Crippen molar-refractivity contribution in [2.24, 2.45) is 0 Å². The highest BCUT2D eigenvalue weighted by Crippen LogP contribution is 2.26. The van der Waals surface area contributed by atoms with Crippen molar-refractivity contribution < 1.29 is 14.3 Å². The Bertz CT molecular complexity index is 942. The van der Waals surface area contributed by atoms with E-state index in [4.69, 9.17) is 4.74 Å². The number of aromatic nitrogens is 2. The van der Waals surface area contributed by atoms with Crippen LogP contribution in [0.4, 0.5) is 10.8 Å². The fourth-order valence-electron chi connectivity index (χ4n) is 2.49. The maximum Gasteiger partial charge on any atom is 0.335 e. The number of rotatable bonds is 7. The van der Waals surface area contributed by atoms with E-state index in [0.717, 1.165) is 12.1 Å². The van der Waals surface area contributed by atoms with Gasteiger partial charge in [0, 0.05) is 11.3 Å². The molecule has 1 amide bonds. The van der Waals surface area contributed by atoms with Crippen LogP contribution in [-0.2, 0) is 16.0 Å². The van der Waals surface area contributed by atoms with E-state index in [0.29, 0.717) is 15.7 Å². The lowest BCUT2D eigenvalue weighted by molar-refractivity contribution is -0.143. The summed E-state index contributed by atoms with van der Waals surface area (Å²) in [5.74, 6) is -1.00. The molecule has 0 saturated carbocycles. The van der Waals surface area contributed by atoms with E-state index in [-0.39, 0.29) is 0 Å². The quantitative estimate of drug-likeness (QED) is 0.594.